The standard InChI is InChI=1S/C15H28N2O2/c1-12-5-7-15(19,8-6-12)11-17-10-9-16(4)13(18)14(17,2)3/h12,19H,5-11H2,1-4H3. The topological polar surface area (TPSA) is 43.8 Å². The Morgan fingerprint density at radius 3 is 2.42 bits per heavy atom. The Bertz CT molecular complexity index is 346. The first-order valence-corrected chi connectivity index (χ1v) is 7.48. The molecule has 110 valence electrons. The van der Waals surface area contributed by atoms with Crippen molar-refractivity contribution in [1.29, 1.82) is 0 Å². The van der Waals surface area contributed by atoms with Crippen molar-refractivity contribution in [3.8, 4) is 0 Å². The van der Waals surface area contributed by atoms with Gasteiger partial charge >= 0.3 is 0 Å². The predicted octanol–water partition coefficient (Wildman–Crippen LogP) is 1.48. The van der Waals surface area contributed by atoms with E-state index in [1.165, 1.54) is 0 Å². The quantitative estimate of drug-likeness (QED) is 0.825. The minimum Gasteiger partial charge on any atom is -0.389 e. The zero-order chi connectivity index (χ0) is 14.3. The minimum atomic E-state index is -0.597. The highest BCUT2D eigenvalue weighted by molar-refractivity contribution is 5.86. The largest absolute Gasteiger partial charge is 0.389 e. The summed E-state index contributed by atoms with van der Waals surface area (Å²) in [4.78, 5) is 16.2. The molecule has 1 aliphatic carbocycles. The molecule has 0 bridgehead atoms. The van der Waals surface area contributed by atoms with Crippen LogP contribution in [0, 0.1) is 5.92 Å². The summed E-state index contributed by atoms with van der Waals surface area (Å²) in [5.41, 5.74) is -1.09. The van der Waals surface area contributed by atoms with Crippen LogP contribution in [0.1, 0.15) is 46.5 Å². The van der Waals surface area contributed by atoms with Crippen molar-refractivity contribution in [1.82, 2.24) is 9.80 Å². The van der Waals surface area contributed by atoms with Crippen molar-refractivity contribution in [2.45, 2.75) is 57.6 Å². The lowest BCUT2D eigenvalue weighted by Crippen LogP contribution is -2.64. The molecule has 1 N–H and O–H groups in total. The first-order valence-electron chi connectivity index (χ1n) is 7.48. The van der Waals surface area contributed by atoms with Gasteiger partial charge in [0.2, 0.25) is 5.91 Å². The minimum absolute atomic E-state index is 0.159. The number of carbonyl (C=O) groups excluding carboxylic acids is 1. The van der Waals surface area contributed by atoms with E-state index in [-0.39, 0.29) is 5.91 Å². The van der Waals surface area contributed by atoms with E-state index in [2.05, 4.69) is 11.8 Å². The molecule has 0 unspecified atom stereocenters. The Morgan fingerprint density at radius 2 is 1.84 bits per heavy atom. The first-order chi connectivity index (χ1) is 8.74. The second-order valence-electron chi connectivity index (χ2n) is 7.11. The molecule has 1 saturated heterocycles. The second-order valence-corrected chi connectivity index (χ2v) is 7.11. The number of nitrogens with zero attached hydrogens (tertiary/aromatic N) is 2. The van der Waals surface area contributed by atoms with Crippen LogP contribution in [0.2, 0.25) is 0 Å². The van der Waals surface area contributed by atoms with E-state index >= 15 is 0 Å². The molecule has 1 saturated carbocycles. The van der Waals surface area contributed by atoms with E-state index in [0.717, 1.165) is 44.7 Å². The fourth-order valence-corrected chi connectivity index (χ4v) is 3.34. The smallest absolute Gasteiger partial charge is 0.242 e. The summed E-state index contributed by atoms with van der Waals surface area (Å²) < 4.78 is 0. The summed E-state index contributed by atoms with van der Waals surface area (Å²) in [6.07, 6.45) is 3.92. The predicted molar refractivity (Wildman–Crippen MR) is 75.9 cm³/mol. The van der Waals surface area contributed by atoms with Crippen molar-refractivity contribution in [3.05, 3.63) is 0 Å². The molecule has 4 nitrogen and oxygen atoms in total. The highest BCUT2D eigenvalue weighted by atomic mass is 16.3. The second kappa shape index (κ2) is 5.06. The monoisotopic (exact) mass is 268 g/mol. The number of carbonyl (C=O) groups is 1. The first kappa shape index (κ1) is 14.8. The highest BCUT2D eigenvalue weighted by Crippen LogP contribution is 2.34. The van der Waals surface area contributed by atoms with E-state index in [4.69, 9.17) is 0 Å². The summed E-state index contributed by atoms with van der Waals surface area (Å²) >= 11 is 0. The van der Waals surface area contributed by atoms with Crippen molar-refractivity contribution < 1.29 is 9.90 Å². The SMILES string of the molecule is CC1CCC(O)(CN2CCN(C)C(=O)C2(C)C)CC1. The van der Waals surface area contributed by atoms with Gasteiger partial charge in [-0.3, -0.25) is 9.69 Å². The van der Waals surface area contributed by atoms with Gasteiger partial charge in [0, 0.05) is 26.7 Å². The number of piperazine rings is 1. The lowest BCUT2D eigenvalue weighted by molar-refractivity contribution is -0.151. The molecule has 4 heteroatoms. The third-order valence-corrected chi connectivity index (χ3v) is 5.06. The van der Waals surface area contributed by atoms with Gasteiger partial charge in [0.15, 0.2) is 0 Å². The van der Waals surface area contributed by atoms with Crippen LogP contribution < -0.4 is 0 Å². The van der Waals surface area contributed by atoms with Gasteiger partial charge in [-0.1, -0.05) is 6.92 Å². The molecule has 1 aliphatic heterocycles. The van der Waals surface area contributed by atoms with Crippen LogP contribution in [0.3, 0.4) is 0 Å². The Labute approximate surface area is 116 Å². The van der Waals surface area contributed by atoms with Gasteiger partial charge in [0.1, 0.15) is 0 Å². The molecule has 2 fully saturated rings. The summed E-state index contributed by atoms with van der Waals surface area (Å²) in [5, 5.41) is 10.8. The lowest BCUT2D eigenvalue weighted by atomic mass is 9.78. The molecule has 0 aromatic carbocycles. The average molecular weight is 268 g/mol. The van der Waals surface area contributed by atoms with E-state index < -0.39 is 11.1 Å². The normalized spacial score (nSPS) is 36.6. The summed E-state index contributed by atoms with van der Waals surface area (Å²) in [7, 11) is 1.86. The van der Waals surface area contributed by atoms with E-state index in [0.29, 0.717) is 6.54 Å². The average Bonchev–Trinajstić information content (AvgIpc) is 2.35. The van der Waals surface area contributed by atoms with Crippen LogP contribution in [0.25, 0.3) is 0 Å². The van der Waals surface area contributed by atoms with Gasteiger partial charge in [0.05, 0.1) is 11.1 Å². The van der Waals surface area contributed by atoms with Crippen LogP contribution in [0.4, 0.5) is 0 Å². The zero-order valence-corrected chi connectivity index (χ0v) is 12.8. The highest BCUT2D eigenvalue weighted by Gasteiger charge is 2.44. The Hall–Kier alpha value is -0.610. The van der Waals surface area contributed by atoms with Crippen LogP contribution >= 0.6 is 0 Å². The Balaban J connectivity index is 2.04. The number of amides is 1. The number of hydrogen-bond acceptors (Lipinski definition) is 3. The van der Waals surface area contributed by atoms with E-state index in [9.17, 15) is 9.90 Å². The molecule has 2 rings (SSSR count). The molecule has 0 aromatic heterocycles. The molecule has 2 aliphatic rings. The summed E-state index contributed by atoms with van der Waals surface area (Å²) in [6.45, 7) is 8.44. The van der Waals surface area contributed by atoms with Gasteiger partial charge in [-0.05, 0) is 45.4 Å². The lowest BCUT2D eigenvalue weighted by Gasteiger charge is -2.48. The maximum absolute atomic E-state index is 12.3. The van der Waals surface area contributed by atoms with Crippen molar-refractivity contribution in [3.63, 3.8) is 0 Å². The zero-order valence-electron chi connectivity index (χ0n) is 12.8. The van der Waals surface area contributed by atoms with Gasteiger partial charge in [-0.15, -0.1) is 0 Å². The maximum atomic E-state index is 12.3. The molecule has 1 amide bonds. The third kappa shape index (κ3) is 2.95. The number of β-amino-alcohol motifs (C(OH)–C–C–N with tert-alkyl or cyclic N) is 1. The molecule has 0 atom stereocenters. The summed E-state index contributed by atoms with van der Waals surface area (Å²) in [6, 6.07) is 0. The van der Waals surface area contributed by atoms with Crippen LogP contribution in [-0.4, -0.2) is 58.6 Å². The fraction of sp³-hybridized carbons (Fsp3) is 0.933. The van der Waals surface area contributed by atoms with Crippen molar-refractivity contribution in [2.24, 2.45) is 5.92 Å². The van der Waals surface area contributed by atoms with E-state index in [1.54, 1.807) is 4.90 Å². The maximum Gasteiger partial charge on any atom is 0.242 e. The van der Waals surface area contributed by atoms with Crippen LogP contribution in [0.15, 0.2) is 0 Å². The molecular weight excluding hydrogens is 240 g/mol. The van der Waals surface area contributed by atoms with Crippen molar-refractivity contribution in [2.75, 3.05) is 26.7 Å². The van der Waals surface area contributed by atoms with E-state index in [1.807, 2.05) is 20.9 Å². The molecular formula is C15H28N2O2. The molecule has 19 heavy (non-hydrogen) atoms. The fourth-order valence-electron chi connectivity index (χ4n) is 3.34. The van der Waals surface area contributed by atoms with Gasteiger partial charge < -0.3 is 10.0 Å². The Kier molecular flexibility index (Phi) is 3.94. The van der Waals surface area contributed by atoms with Crippen LogP contribution in [-0.2, 0) is 4.79 Å². The van der Waals surface area contributed by atoms with Crippen LogP contribution in [0.5, 0.6) is 0 Å². The molecule has 0 spiro atoms. The van der Waals surface area contributed by atoms with Gasteiger partial charge in [-0.25, -0.2) is 0 Å². The Morgan fingerprint density at radius 1 is 1.26 bits per heavy atom. The third-order valence-electron chi connectivity index (χ3n) is 5.06. The molecule has 0 aromatic rings. The molecule has 1 heterocycles. The number of rotatable bonds is 2. The molecule has 0 radical (unpaired) electrons. The summed E-state index contributed by atoms with van der Waals surface area (Å²) in [5.74, 6) is 0.883. The van der Waals surface area contributed by atoms with Gasteiger partial charge in [-0.2, -0.15) is 0 Å². The van der Waals surface area contributed by atoms with Crippen molar-refractivity contribution >= 4 is 5.91 Å². The number of likely N-dealkylation sites (N-methyl/N-ethyl adjacent to an activating group) is 1. The number of aliphatic hydroxyl groups is 1. The van der Waals surface area contributed by atoms with Gasteiger partial charge in [0.25, 0.3) is 0 Å². The number of hydrogen-bond donors (Lipinski definition) is 1.